The van der Waals surface area contributed by atoms with Gasteiger partial charge in [0.2, 0.25) is 15.9 Å². The highest BCUT2D eigenvalue weighted by Gasteiger charge is 2.26. The number of hydrogen-bond donors (Lipinski definition) is 1. The van der Waals surface area contributed by atoms with E-state index < -0.39 is 10.0 Å². The van der Waals surface area contributed by atoms with Crippen LogP contribution in [0, 0.1) is 0 Å². The second kappa shape index (κ2) is 9.75. The van der Waals surface area contributed by atoms with Gasteiger partial charge in [0, 0.05) is 13.1 Å². The van der Waals surface area contributed by atoms with Crippen LogP contribution >= 0.6 is 11.6 Å². The van der Waals surface area contributed by atoms with Crippen molar-refractivity contribution < 1.29 is 17.6 Å². The molecule has 0 bridgehead atoms. The summed E-state index contributed by atoms with van der Waals surface area (Å²) in [5, 5.41) is 3.02. The number of carbonyl (C=O) groups is 1. The zero-order chi connectivity index (χ0) is 20.9. The summed E-state index contributed by atoms with van der Waals surface area (Å²) >= 11 is 6.20. The molecular weight excluding hydrogens is 414 g/mol. The summed E-state index contributed by atoms with van der Waals surface area (Å²) in [4.78, 5) is 14.3. The van der Waals surface area contributed by atoms with Crippen molar-refractivity contribution in [3.05, 3.63) is 47.4 Å². The maximum absolute atomic E-state index is 13.0. The molecule has 1 aromatic heterocycles. The Kier molecular flexibility index (Phi) is 7.34. The summed E-state index contributed by atoms with van der Waals surface area (Å²) in [6.45, 7) is 1.63. The van der Waals surface area contributed by atoms with Crippen LogP contribution in [0.15, 0.2) is 45.9 Å². The smallest absolute Gasteiger partial charge is 0.243 e. The van der Waals surface area contributed by atoms with Crippen molar-refractivity contribution in [3.8, 4) is 0 Å². The maximum Gasteiger partial charge on any atom is 0.243 e. The quantitative estimate of drug-likeness (QED) is 0.713. The Balaban J connectivity index is 1.69. The van der Waals surface area contributed by atoms with E-state index in [1.165, 1.54) is 22.5 Å². The van der Waals surface area contributed by atoms with Gasteiger partial charge in [0.15, 0.2) is 0 Å². The van der Waals surface area contributed by atoms with Crippen LogP contribution in [-0.4, -0.2) is 50.2 Å². The first kappa shape index (κ1) is 21.8. The van der Waals surface area contributed by atoms with Crippen molar-refractivity contribution in [2.75, 3.05) is 32.0 Å². The molecule has 9 heteroatoms. The Morgan fingerprint density at radius 3 is 2.59 bits per heavy atom. The predicted molar refractivity (Wildman–Crippen MR) is 112 cm³/mol. The molecule has 0 unspecified atom stereocenters. The Bertz CT molecular complexity index is 923. The van der Waals surface area contributed by atoms with Crippen LogP contribution in [-0.2, 0) is 21.4 Å². The number of halogens is 1. The Hall–Kier alpha value is -1.87. The van der Waals surface area contributed by atoms with Gasteiger partial charge in [0.05, 0.1) is 35.0 Å². The molecule has 1 fully saturated rings. The Morgan fingerprint density at radius 2 is 1.93 bits per heavy atom. The van der Waals surface area contributed by atoms with E-state index >= 15 is 0 Å². The van der Waals surface area contributed by atoms with Crippen LogP contribution in [0.1, 0.15) is 31.4 Å². The number of carbonyl (C=O) groups excluding carboxylic acids is 1. The second-order valence-corrected chi connectivity index (χ2v) is 9.60. The fraction of sp³-hybridized carbons (Fsp3) is 0.450. The van der Waals surface area contributed by atoms with Gasteiger partial charge in [-0.3, -0.25) is 9.69 Å². The van der Waals surface area contributed by atoms with Gasteiger partial charge in [-0.1, -0.05) is 24.4 Å². The summed E-state index contributed by atoms with van der Waals surface area (Å²) in [7, 11) is -1.82. The van der Waals surface area contributed by atoms with Gasteiger partial charge >= 0.3 is 0 Å². The average Bonchev–Trinajstić information content (AvgIpc) is 3.01. The molecule has 2 heterocycles. The lowest BCUT2D eigenvalue weighted by Crippen LogP contribution is -2.32. The molecule has 1 N–H and O–H groups in total. The highest BCUT2D eigenvalue weighted by atomic mass is 35.5. The van der Waals surface area contributed by atoms with Crippen LogP contribution in [0.5, 0.6) is 0 Å². The number of sulfonamides is 1. The SMILES string of the molecule is CN(CC(=O)Nc1cc(S(=O)(=O)N2CCCCCC2)ccc1Cl)Cc1ccco1. The van der Waals surface area contributed by atoms with Crippen molar-refractivity contribution in [2.45, 2.75) is 37.1 Å². The normalized spacial score (nSPS) is 16.0. The molecule has 7 nitrogen and oxygen atoms in total. The summed E-state index contributed by atoms with van der Waals surface area (Å²) in [6, 6.07) is 8.06. The first-order valence-electron chi connectivity index (χ1n) is 9.67. The van der Waals surface area contributed by atoms with Crippen LogP contribution < -0.4 is 5.32 Å². The number of nitrogens with zero attached hydrogens (tertiary/aromatic N) is 2. The monoisotopic (exact) mass is 439 g/mol. The number of nitrogens with one attached hydrogen (secondary N) is 1. The third-order valence-corrected chi connectivity index (χ3v) is 7.06. The largest absolute Gasteiger partial charge is 0.468 e. The van der Waals surface area contributed by atoms with Crippen molar-refractivity contribution in [1.82, 2.24) is 9.21 Å². The topological polar surface area (TPSA) is 82.9 Å². The lowest BCUT2D eigenvalue weighted by atomic mass is 10.2. The highest BCUT2D eigenvalue weighted by molar-refractivity contribution is 7.89. The zero-order valence-electron chi connectivity index (χ0n) is 16.4. The number of benzene rings is 1. The van der Waals surface area contributed by atoms with Crippen LogP contribution in [0.3, 0.4) is 0 Å². The van der Waals surface area contributed by atoms with Crippen molar-refractivity contribution in [1.29, 1.82) is 0 Å². The number of amides is 1. The van der Waals surface area contributed by atoms with Gasteiger partial charge in [-0.05, 0) is 50.2 Å². The lowest BCUT2D eigenvalue weighted by molar-refractivity contribution is -0.117. The minimum Gasteiger partial charge on any atom is -0.468 e. The standard InChI is InChI=1S/C20H26ClN3O4S/c1-23(14-16-7-6-12-28-16)15-20(25)22-19-13-17(8-9-18(19)21)29(26,27)24-10-4-2-3-5-11-24/h6-9,12-13H,2-5,10-11,14-15H2,1H3,(H,22,25). The van der Waals surface area contributed by atoms with Crippen molar-refractivity contribution in [3.63, 3.8) is 0 Å². The number of hydrogen-bond acceptors (Lipinski definition) is 5. The van der Waals surface area contributed by atoms with Gasteiger partial charge in [-0.2, -0.15) is 4.31 Å². The molecule has 2 aromatic rings. The molecule has 1 amide bonds. The Labute approximate surface area is 176 Å². The van der Waals surface area contributed by atoms with E-state index in [1.54, 1.807) is 24.3 Å². The van der Waals surface area contributed by atoms with Crippen LogP contribution in [0.4, 0.5) is 5.69 Å². The molecule has 0 aliphatic carbocycles. The molecule has 158 valence electrons. The molecule has 0 radical (unpaired) electrons. The third kappa shape index (κ3) is 5.82. The van der Waals surface area contributed by atoms with E-state index in [9.17, 15) is 13.2 Å². The van der Waals surface area contributed by atoms with Crippen LogP contribution in [0.2, 0.25) is 5.02 Å². The van der Waals surface area contributed by atoms with Gasteiger partial charge in [-0.25, -0.2) is 8.42 Å². The fourth-order valence-corrected chi connectivity index (χ4v) is 5.06. The van der Waals surface area contributed by atoms with Gasteiger partial charge in [-0.15, -0.1) is 0 Å². The van der Waals surface area contributed by atoms with E-state index in [1.807, 2.05) is 6.07 Å². The predicted octanol–water partition coefficient (Wildman–Crippen LogP) is 3.57. The third-order valence-electron chi connectivity index (χ3n) is 4.83. The van der Waals surface area contributed by atoms with Gasteiger partial charge in [0.1, 0.15) is 5.76 Å². The lowest BCUT2D eigenvalue weighted by Gasteiger charge is -2.21. The van der Waals surface area contributed by atoms with E-state index in [0.717, 1.165) is 31.4 Å². The molecule has 29 heavy (non-hydrogen) atoms. The summed E-state index contributed by atoms with van der Waals surface area (Å²) < 4.78 is 32.8. The maximum atomic E-state index is 13.0. The summed E-state index contributed by atoms with van der Waals surface area (Å²) in [5.74, 6) is 0.467. The number of likely N-dealkylation sites (N-methyl/N-ethyl adjacent to an activating group) is 1. The first-order valence-corrected chi connectivity index (χ1v) is 11.5. The molecule has 0 spiro atoms. The zero-order valence-corrected chi connectivity index (χ0v) is 18.0. The molecule has 1 aliphatic heterocycles. The van der Waals surface area contributed by atoms with E-state index in [2.05, 4.69) is 5.32 Å². The number of rotatable bonds is 7. The van der Waals surface area contributed by atoms with Gasteiger partial charge < -0.3 is 9.73 Å². The first-order chi connectivity index (χ1) is 13.9. The number of furan rings is 1. The van der Waals surface area contributed by atoms with E-state index in [0.29, 0.717) is 30.3 Å². The second-order valence-electron chi connectivity index (χ2n) is 7.26. The van der Waals surface area contributed by atoms with E-state index in [4.69, 9.17) is 16.0 Å². The van der Waals surface area contributed by atoms with Gasteiger partial charge in [0.25, 0.3) is 0 Å². The highest BCUT2D eigenvalue weighted by Crippen LogP contribution is 2.28. The minimum atomic E-state index is -3.62. The molecule has 1 saturated heterocycles. The van der Waals surface area contributed by atoms with Crippen LogP contribution in [0.25, 0.3) is 0 Å². The summed E-state index contributed by atoms with van der Waals surface area (Å²) in [5.41, 5.74) is 0.291. The fourth-order valence-electron chi connectivity index (χ4n) is 3.35. The molecular formula is C20H26ClN3O4S. The molecule has 1 aromatic carbocycles. The minimum absolute atomic E-state index is 0.111. The van der Waals surface area contributed by atoms with E-state index in [-0.39, 0.29) is 17.3 Å². The molecule has 0 atom stereocenters. The molecule has 3 rings (SSSR count). The molecule has 0 saturated carbocycles. The summed E-state index contributed by atoms with van der Waals surface area (Å²) in [6.07, 6.45) is 5.38. The average molecular weight is 440 g/mol. The van der Waals surface area contributed by atoms with Crippen molar-refractivity contribution in [2.24, 2.45) is 0 Å². The van der Waals surface area contributed by atoms with Crippen molar-refractivity contribution >= 4 is 33.2 Å². The number of anilines is 1. The Morgan fingerprint density at radius 1 is 1.21 bits per heavy atom. The molecule has 1 aliphatic rings.